The van der Waals surface area contributed by atoms with Crippen LogP contribution in [0.4, 0.5) is 11.6 Å². The van der Waals surface area contributed by atoms with Crippen LogP contribution in [0.25, 0.3) is 33.4 Å². The van der Waals surface area contributed by atoms with Crippen molar-refractivity contribution in [2.45, 2.75) is 0 Å². The summed E-state index contributed by atoms with van der Waals surface area (Å²) >= 11 is 0. The third kappa shape index (κ3) is 3.90. The number of fused-ring (bicyclic) bond motifs is 1. The minimum Gasteiger partial charge on any atom is -0.378 e. The number of aromatic nitrogens is 5. The SMILES string of the molecule is c1cc(-c2nccc3c(-c4ccc(N5CCOCC5)nc4)cc(N4CCOCC4)nc23)[nH]n1. The van der Waals surface area contributed by atoms with E-state index in [1.807, 2.05) is 24.5 Å². The summed E-state index contributed by atoms with van der Waals surface area (Å²) in [6.45, 7) is 6.24. The second-order valence-electron chi connectivity index (χ2n) is 8.16. The fourth-order valence-corrected chi connectivity index (χ4v) is 4.44. The number of aromatic amines is 1. The van der Waals surface area contributed by atoms with Gasteiger partial charge in [0.15, 0.2) is 0 Å². The lowest BCUT2D eigenvalue weighted by molar-refractivity contribution is 0.122. The summed E-state index contributed by atoms with van der Waals surface area (Å²) < 4.78 is 11.0. The summed E-state index contributed by atoms with van der Waals surface area (Å²) in [5.74, 6) is 1.90. The van der Waals surface area contributed by atoms with Gasteiger partial charge in [-0.05, 0) is 35.9 Å². The van der Waals surface area contributed by atoms with E-state index in [2.05, 4.69) is 43.2 Å². The average molecular weight is 444 g/mol. The van der Waals surface area contributed by atoms with Gasteiger partial charge < -0.3 is 19.3 Å². The number of hydrogen-bond donors (Lipinski definition) is 1. The topological polar surface area (TPSA) is 92.3 Å². The van der Waals surface area contributed by atoms with Gasteiger partial charge in [0, 0.05) is 55.7 Å². The fraction of sp³-hybridized carbons (Fsp3) is 0.333. The number of rotatable bonds is 4. The van der Waals surface area contributed by atoms with Crippen molar-refractivity contribution in [1.29, 1.82) is 0 Å². The molecule has 4 aromatic heterocycles. The van der Waals surface area contributed by atoms with Crippen molar-refractivity contribution >= 4 is 22.5 Å². The molecular weight excluding hydrogens is 418 g/mol. The Kier molecular flexibility index (Phi) is 5.33. The van der Waals surface area contributed by atoms with Crippen LogP contribution in [0.15, 0.2) is 48.9 Å². The zero-order valence-electron chi connectivity index (χ0n) is 18.3. The van der Waals surface area contributed by atoms with Crippen molar-refractivity contribution < 1.29 is 9.47 Å². The van der Waals surface area contributed by atoms with Crippen LogP contribution in [0.1, 0.15) is 0 Å². The molecule has 33 heavy (non-hydrogen) atoms. The van der Waals surface area contributed by atoms with E-state index < -0.39 is 0 Å². The minimum absolute atomic E-state index is 0.700. The Hall–Kier alpha value is -3.56. The van der Waals surface area contributed by atoms with E-state index in [9.17, 15) is 0 Å². The maximum absolute atomic E-state index is 5.56. The molecule has 0 spiro atoms. The van der Waals surface area contributed by atoms with Crippen LogP contribution >= 0.6 is 0 Å². The molecule has 0 atom stereocenters. The van der Waals surface area contributed by atoms with E-state index in [1.54, 1.807) is 6.20 Å². The fourth-order valence-electron chi connectivity index (χ4n) is 4.44. The molecular formula is C24H25N7O2. The second kappa shape index (κ2) is 8.76. The summed E-state index contributed by atoms with van der Waals surface area (Å²) in [6.07, 6.45) is 5.52. The third-order valence-corrected chi connectivity index (χ3v) is 6.20. The lowest BCUT2D eigenvalue weighted by atomic mass is 10.0. The van der Waals surface area contributed by atoms with Crippen molar-refractivity contribution in [2.75, 3.05) is 62.4 Å². The smallest absolute Gasteiger partial charge is 0.130 e. The number of nitrogens with zero attached hydrogens (tertiary/aromatic N) is 6. The van der Waals surface area contributed by atoms with E-state index in [4.69, 9.17) is 19.4 Å². The summed E-state index contributed by atoms with van der Waals surface area (Å²) in [5, 5.41) is 8.18. The molecule has 9 nitrogen and oxygen atoms in total. The first-order chi connectivity index (χ1) is 16.4. The third-order valence-electron chi connectivity index (χ3n) is 6.20. The maximum atomic E-state index is 5.56. The summed E-state index contributed by atoms with van der Waals surface area (Å²) in [6, 6.07) is 10.3. The molecule has 0 bridgehead atoms. The van der Waals surface area contributed by atoms with E-state index in [1.165, 1.54) is 0 Å². The molecule has 0 saturated carbocycles. The zero-order chi connectivity index (χ0) is 22.0. The standard InChI is InChI=1S/C24H25N7O2/c1-2-21(30-7-11-32-12-8-30)26-16-17(1)19-15-22(31-9-13-33-14-10-31)28-23-18(19)3-5-25-24(23)20-4-6-27-29-20/h1-6,15-16H,7-14H2,(H,27,29). The Balaban J connectivity index is 1.48. The quantitative estimate of drug-likeness (QED) is 0.515. The first kappa shape index (κ1) is 20.1. The van der Waals surface area contributed by atoms with Gasteiger partial charge in [-0.3, -0.25) is 10.1 Å². The average Bonchev–Trinajstić information content (AvgIpc) is 3.44. The maximum Gasteiger partial charge on any atom is 0.130 e. The van der Waals surface area contributed by atoms with Gasteiger partial charge in [0.05, 0.1) is 32.1 Å². The molecule has 0 unspecified atom stereocenters. The Morgan fingerprint density at radius 2 is 1.55 bits per heavy atom. The van der Waals surface area contributed by atoms with Crippen LogP contribution in [0.3, 0.4) is 0 Å². The van der Waals surface area contributed by atoms with Crippen molar-refractivity contribution in [2.24, 2.45) is 0 Å². The number of nitrogens with one attached hydrogen (secondary N) is 1. The first-order valence-electron chi connectivity index (χ1n) is 11.3. The summed E-state index contributed by atoms with van der Waals surface area (Å²) in [5.41, 5.74) is 4.62. The summed E-state index contributed by atoms with van der Waals surface area (Å²) in [7, 11) is 0. The number of pyridine rings is 3. The van der Waals surface area contributed by atoms with Crippen LogP contribution < -0.4 is 9.80 Å². The Morgan fingerprint density at radius 3 is 2.21 bits per heavy atom. The lowest BCUT2D eigenvalue weighted by Crippen LogP contribution is -2.36. The molecule has 4 aromatic rings. The highest BCUT2D eigenvalue weighted by Gasteiger charge is 2.19. The normalized spacial score (nSPS) is 17.0. The molecule has 0 radical (unpaired) electrons. The van der Waals surface area contributed by atoms with Crippen molar-refractivity contribution in [1.82, 2.24) is 25.1 Å². The largest absolute Gasteiger partial charge is 0.378 e. The Labute approximate surface area is 191 Å². The highest BCUT2D eigenvalue weighted by atomic mass is 16.5. The molecule has 0 amide bonds. The molecule has 0 aromatic carbocycles. The van der Waals surface area contributed by atoms with Gasteiger partial charge in [0.1, 0.15) is 22.8 Å². The molecule has 6 rings (SSSR count). The molecule has 6 heterocycles. The molecule has 2 saturated heterocycles. The number of morpholine rings is 2. The van der Waals surface area contributed by atoms with Gasteiger partial charge in [-0.15, -0.1) is 0 Å². The second-order valence-corrected chi connectivity index (χ2v) is 8.16. The molecule has 2 aliphatic rings. The monoisotopic (exact) mass is 443 g/mol. The van der Waals surface area contributed by atoms with E-state index >= 15 is 0 Å². The van der Waals surface area contributed by atoms with Crippen molar-refractivity contribution in [3.8, 4) is 22.5 Å². The van der Waals surface area contributed by atoms with Crippen LogP contribution in [0.5, 0.6) is 0 Å². The molecule has 2 aliphatic heterocycles. The lowest BCUT2D eigenvalue weighted by Gasteiger charge is -2.29. The molecule has 9 heteroatoms. The highest BCUT2D eigenvalue weighted by Crippen LogP contribution is 2.35. The molecule has 0 aliphatic carbocycles. The van der Waals surface area contributed by atoms with Gasteiger partial charge in [0.25, 0.3) is 0 Å². The van der Waals surface area contributed by atoms with Crippen LogP contribution in [-0.2, 0) is 9.47 Å². The van der Waals surface area contributed by atoms with Crippen LogP contribution in [-0.4, -0.2) is 77.8 Å². The van der Waals surface area contributed by atoms with Gasteiger partial charge in [-0.2, -0.15) is 5.10 Å². The Bertz CT molecular complexity index is 1230. The van der Waals surface area contributed by atoms with Gasteiger partial charge in [-0.1, -0.05) is 0 Å². The van der Waals surface area contributed by atoms with E-state index in [0.717, 1.165) is 84.4 Å². The first-order valence-corrected chi connectivity index (χ1v) is 11.3. The number of H-pyrrole nitrogens is 1. The minimum atomic E-state index is 0.700. The van der Waals surface area contributed by atoms with Gasteiger partial charge in [0.2, 0.25) is 0 Å². The predicted octanol–water partition coefficient (Wildman–Crippen LogP) is 2.76. The van der Waals surface area contributed by atoms with Crippen LogP contribution in [0.2, 0.25) is 0 Å². The zero-order valence-corrected chi connectivity index (χ0v) is 18.3. The predicted molar refractivity (Wildman–Crippen MR) is 126 cm³/mol. The highest BCUT2D eigenvalue weighted by molar-refractivity contribution is 6.01. The number of ether oxygens (including phenoxy) is 2. The molecule has 1 N–H and O–H groups in total. The van der Waals surface area contributed by atoms with Crippen LogP contribution in [0, 0.1) is 0 Å². The van der Waals surface area contributed by atoms with Gasteiger partial charge >= 0.3 is 0 Å². The molecule has 168 valence electrons. The van der Waals surface area contributed by atoms with E-state index in [0.29, 0.717) is 13.2 Å². The molecule has 2 fully saturated rings. The van der Waals surface area contributed by atoms with E-state index in [-0.39, 0.29) is 0 Å². The number of hydrogen-bond acceptors (Lipinski definition) is 8. The van der Waals surface area contributed by atoms with Crippen molar-refractivity contribution in [3.63, 3.8) is 0 Å². The number of anilines is 2. The Morgan fingerprint density at radius 1 is 0.788 bits per heavy atom. The summed E-state index contributed by atoms with van der Waals surface area (Å²) in [4.78, 5) is 19.0. The van der Waals surface area contributed by atoms with Crippen molar-refractivity contribution in [3.05, 3.63) is 48.9 Å². The van der Waals surface area contributed by atoms with Gasteiger partial charge in [-0.25, -0.2) is 9.97 Å².